The first-order valence-corrected chi connectivity index (χ1v) is 16.5. The van der Waals surface area contributed by atoms with Gasteiger partial charge in [0.15, 0.2) is 11.8 Å². The van der Waals surface area contributed by atoms with Crippen molar-refractivity contribution in [3.8, 4) is 28.1 Å². The monoisotopic (exact) mass is 672 g/mol. The van der Waals surface area contributed by atoms with Crippen LogP contribution in [0.15, 0.2) is 73.8 Å². The number of rotatable bonds is 12. The Balaban J connectivity index is 1.65. The number of benzene rings is 2. The number of halogens is 1. The van der Waals surface area contributed by atoms with Crippen molar-refractivity contribution in [2.24, 2.45) is 0 Å². The molecule has 0 bridgehead atoms. The highest BCUT2D eigenvalue weighted by atomic mass is 35.5. The molecule has 1 aliphatic rings. The van der Waals surface area contributed by atoms with Crippen LogP contribution in [0.1, 0.15) is 57.9 Å². The molecular formula is C38H45ClN4O5. The van der Waals surface area contributed by atoms with E-state index in [1.165, 1.54) is 7.11 Å². The van der Waals surface area contributed by atoms with Gasteiger partial charge in [-0.15, -0.1) is 6.58 Å². The van der Waals surface area contributed by atoms with E-state index in [-0.39, 0.29) is 5.60 Å². The Morgan fingerprint density at radius 2 is 1.77 bits per heavy atom. The molecule has 1 saturated heterocycles. The Hall–Kier alpha value is -4.18. The zero-order valence-electron chi connectivity index (χ0n) is 28.7. The molecule has 5 rings (SSSR count). The average molecular weight is 673 g/mol. The number of aromatic nitrogens is 3. The number of hydrogen-bond donors (Lipinski definition) is 0. The van der Waals surface area contributed by atoms with Crippen molar-refractivity contribution < 1.29 is 23.7 Å². The fourth-order valence-corrected chi connectivity index (χ4v) is 6.17. The minimum Gasteiger partial charge on any atom is -0.489 e. The molecule has 1 aliphatic heterocycles. The summed E-state index contributed by atoms with van der Waals surface area (Å²) in [6.07, 6.45) is 4.02. The maximum Gasteiger partial charge on any atom is 0.339 e. The summed E-state index contributed by atoms with van der Waals surface area (Å²) in [4.78, 5) is 20.6. The van der Waals surface area contributed by atoms with Crippen LogP contribution in [0.3, 0.4) is 0 Å². The van der Waals surface area contributed by atoms with Gasteiger partial charge in [-0.2, -0.15) is 9.61 Å². The van der Waals surface area contributed by atoms with Crippen molar-refractivity contribution in [2.75, 3.05) is 38.3 Å². The van der Waals surface area contributed by atoms with Gasteiger partial charge in [0.2, 0.25) is 0 Å². The highest BCUT2D eigenvalue weighted by molar-refractivity contribution is 6.31. The average Bonchev–Trinajstić information content (AvgIpc) is 3.49. The van der Waals surface area contributed by atoms with Crippen molar-refractivity contribution in [3.63, 3.8) is 0 Å². The Bertz CT molecular complexity index is 1800. The second-order valence-corrected chi connectivity index (χ2v) is 13.7. The second kappa shape index (κ2) is 14.5. The fourth-order valence-electron chi connectivity index (χ4n) is 6.00. The molecule has 0 saturated carbocycles. The quantitative estimate of drug-likeness (QED) is 0.110. The Labute approximate surface area is 288 Å². The van der Waals surface area contributed by atoms with E-state index >= 15 is 0 Å². The second-order valence-electron chi connectivity index (χ2n) is 13.2. The number of ether oxygens (including phenoxy) is 4. The van der Waals surface area contributed by atoms with E-state index in [0.29, 0.717) is 54.0 Å². The van der Waals surface area contributed by atoms with Crippen LogP contribution in [0.5, 0.6) is 5.75 Å². The highest BCUT2D eigenvalue weighted by Crippen LogP contribution is 2.39. The molecule has 0 spiro atoms. The first kappa shape index (κ1) is 35.1. The van der Waals surface area contributed by atoms with Gasteiger partial charge in [-0.05, 0) is 77.3 Å². The van der Waals surface area contributed by atoms with Gasteiger partial charge in [-0.1, -0.05) is 48.5 Å². The molecule has 0 unspecified atom stereocenters. The fraction of sp³-hybridized carbons (Fsp3) is 0.395. The summed E-state index contributed by atoms with van der Waals surface area (Å²) >= 11 is 6.41. The number of methoxy groups -OCH3 is 1. The smallest absolute Gasteiger partial charge is 0.339 e. The van der Waals surface area contributed by atoms with Crippen LogP contribution in [0.25, 0.3) is 28.0 Å². The third-order valence-corrected chi connectivity index (χ3v) is 8.63. The molecule has 0 radical (unpaired) electrons. The van der Waals surface area contributed by atoms with Gasteiger partial charge in [0.05, 0.1) is 36.2 Å². The largest absolute Gasteiger partial charge is 0.489 e. The molecule has 0 aliphatic carbocycles. The number of fused-ring (bicyclic) bond motifs is 1. The van der Waals surface area contributed by atoms with E-state index in [1.54, 1.807) is 12.2 Å². The minimum atomic E-state index is -1.01. The molecule has 1 atom stereocenters. The molecule has 0 amide bonds. The van der Waals surface area contributed by atoms with Crippen LogP contribution in [0.2, 0.25) is 5.02 Å². The van der Waals surface area contributed by atoms with Crippen molar-refractivity contribution in [2.45, 2.75) is 64.8 Å². The van der Waals surface area contributed by atoms with E-state index in [9.17, 15) is 4.79 Å². The lowest BCUT2D eigenvalue weighted by atomic mass is 9.92. The Morgan fingerprint density at radius 3 is 2.44 bits per heavy atom. The summed E-state index contributed by atoms with van der Waals surface area (Å²) in [5, 5.41) is 5.73. The highest BCUT2D eigenvalue weighted by Gasteiger charge is 2.38. The van der Waals surface area contributed by atoms with Gasteiger partial charge in [-0.3, -0.25) is 0 Å². The zero-order chi connectivity index (χ0) is 34.6. The standard InChI is InChI=1S/C38H45ClN4O5/c1-9-20-46-31-15-14-28(39)23-29(31)26-12-11-13-27(22-26)30-24-32-40-25(3)33(34(36(44)45-8)48-37(4,5)6)35(43(32)41-30)42-18-16-38(7,17-19-42)47-21-10-2/h9-15,22-24,34H,1-2,16-21H2,3-8H3/t34-/m0/s1. The van der Waals surface area contributed by atoms with Gasteiger partial charge in [0.1, 0.15) is 18.2 Å². The number of hydrogen-bond acceptors (Lipinski definition) is 8. The van der Waals surface area contributed by atoms with Crippen LogP contribution in [0.4, 0.5) is 5.82 Å². The maximum atomic E-state index is 13.4. The molecule has 0 N–H and O–H groups in total. The number of anilines is 1. The Morgan fingerprint density at radius 1 is 1.06 bits per heavy atom. The number of carbonyl (C=O) groups excluding carboxylic acids is 1. The molecule has 4 aromatic rings. The summed E-state index contributed by atoms with van der Waals surface area (Å²) in [6.45, 7) is 19.6. The van der Waals surface area contributed by atoms with Gasteiger partial charge in [0.25, 0.3) is 0 Å². The normalized spacial score (nSPS) is 15.3. The first-order chi connectivity index (χ1) is 22.9. The SMILES string of the molecule is C=CCOc1ccc(Cl)cc1-c1cccc(-c2cc3nc(C)c([C@H](OC(C)(C)C)C(=O)OC)c(N4CCC(C)(OCC=C)CC4)n3n2)c1. The number of esters is 1. The molecule has 1 fully saturated rings. The van der Waals surface area contributed by atoms with Crippen molar-refractivity contribution in [1.29, 1.82) is 0 Å². The number of carbonyl (C=O) groups is 1. The van der Waals surface area contributed by atoms with Crippen LogP contribution < -0.4 is 9.64 Å². The number of aryl methyl sites for hydroxylation is 1. The third kappa shape index (κ3) is 7.75. The van der Waals surface area contributed by atoms with Crippen molar-refractivity contribution in [3.05, 3.63) is 90.1 Å². The number of piperidine rings is 1. The van der Waals surface area contributed by atoms with Crippen molar-refractivity contribution >= 4 is 29.0 Å². The predicted molar refractivity (Wildman–Crippen MR) is 191 cm³/mol. The summed E-state index contributed by atoms with van der Waals surface area (Å²) in [7, 11) is 1.37. The maximum absolute atomic E-state index is 13.4. The molecular weight excluding hydrogens is 628 g/mol. The van der Waals surface area contributed by atoms with Gasteiger partial charge in [-0.25, -0.2) is 9.78 Å². The molecule has 254 valence electrons. The van der Waals surface area contributed by atoms with Crippen LogP contribution in [-0.2, 0) is 19.0 Å². The van der Waals surface area contributed by atoms with Crippen molar-refractivity contribution in [1.82, 2.24) is 14.6 Å². The van der Waals surface area contributed by atoms with E-state index in [0.717, 1.165) is 41.0 Å². The lowest BCUT2D eigenvalue weighted by molar-refractivity contribution is -0.164. The van der Waals surface area contributed by atoms with Gasteiger partial charge in [0, 0.05) is 41.0 Å². The molecule has 2 aromatic heterocycles. The lowest BCUT2D eigenvalue weighted by Crippen LogP contribution is -2.45. The number of nitrogens with zero attached hydrogens (tertiary/aromatic N) is 4. The summed E-state index contributed by atoms with van der Waals surface area (Å²) in [6, 6.07) is 15.6. The van der Waals surface area contributed by atoms with Gasteiger partial charge >= 0.3 is 5.97 Å². The minimum absolute atomic E-state index is 0.292. The van der Waals surface area contributed by atoms with E-state index in [1.807, 2.05) is 74.7 Å². The van der Waals surface area contributed by atoms with Gasteiger partial charge < -0.3 is 23.8 Å². The van der Waals surface area contributed by atoms with E-state index < -0.39 is 17.7 Å². The van der Waals surface area contributed by atoms with Crippen LogP contribution >= 0.6 is 11.6 Å². The summed E-state index contributed by atoms with van der Waals surface area (Å²) in [5.74, 6) is 0.959. The first-order valence-electron chi connectivity index (χ1n) is 16.2. The molecule has 3 heterocycles. The zero-order valence-corrected chi connectivity index (χ0v) is 29.5. The topological polar surface area (TPSA) is 87.4 Å². The summed E-state index contributed by atoms with van der Waals surface area (Å²) in [5.41, 5.74) is 4.42. The molecule has 9 nitrogen and oxygen atoms in total. The third-order valence-electron chi connectivity index (χ3n) is 8.39. The summed E-state index contributed by atoms with van der Waals surface area (Å²) < 4.78 is 25.6. The Kier molecular flexibility index (Phi) is 10.6. The van der Waals surface area contributed by atoms with Crippen LogP contribution in [0, 0.1) is 6.92 Å². The van der Waals surface area contributed by atoms with E-state index in [4.69, 9.17) is 40.6 Å². The molecule has 2 aromatic carbocycles. The molecule has 48 heavy (non-hydrogen) atoms. The predicted octanol–water partition coefficient (Wildman–Crippen LogP) is 8.18. The van der Waals surface area contributed by atoms with E-state index in [2.05, 4.69) is 31.0 Å². The molecule has 10 heteroatoms. The van der Waals surface area contributed by atoms with Crippen LogP contribution in [-0.4, -0.2) is 65.2 Å². The lowest BCUT2D eigenvalue weighted by Gasteiger charge is -2.41.